The van der Waals surface area contributed by atoms with Crippen LogP contribution in [-0.2, 0) is 22.7 Å². The SMILES string of the molecule is COCCOCc1cccc(OCc2ccc3ccccc3n2)c1. The predicted molar refractivity (Wildman–Crippen MR) is 94.0 cm³/mol. The Morgan fingerprint density at radius 1 is 0.875 bits per heavy atom. The maximum atomic E-state index is 5.87. The van der Waals surface area contributed by atoms with Gasteiger partial charge in [0.2, 0.25) is 0 Å². The Kier molecular flexibility index (Phi) is 5.77. The normalized spacial score (nSPS) is 10.9. The van der Waals surface area contributed by atoms with Crippen LogP contribution in [0.25, 0.3) is 10.9 Å². The van der Waals surface area contributed by atoms with Crippen LogP contribution in [-0.4, -0.2) is 25.3 Å². The largest absolute Gasteiger partial charge is 0.487 e. The van der Waals surface area contributed by atoms with E-state index in [1.165, 1.54) is 0 Å². The van der Waals surface area contributed by atoms with Gasteiger partial charge < -0.3 is 14.2 Å². The lowest BCUT2D eigenvalue weighted by Crippen LogP contribution is -2.02. The molecule has 0 aliphatic heterocycles. The van der Waals surface area contributed by atoms with Gasteiger partial charge >= 0.3 is 0 Å². The molecule has 0 atom stereocenters. The van der Waals surface area contributed by atoms with E-state index in [1.54, 1.807) is 7.11 Å². The fraction of sp³-hybridized carbons (Fsp3) is 0.250. The van der Waals surface area contributed by atoms with Crippen molar-refractivity contribution in [3.05, 3.63) is 71.9 Å². The van der Waals surface area contributed by atoms with Gasteiger partial charge in [-0.3, -0.25) is 0 Å². The first-order valence-electron chi connectivity index (χ1n) is 7.98. The van der Waals surface area contributed by atoms with Gasteiger partial charge in [-0.2, -0.15) is 0 Å². The number of nitrogens with zero attached hydrogens (tertiary/aromatic N) is 1. The smallest absolute Gasteiger partial charge is 0.130 e. The van der Waals surface area contributed by atoms with E-state index in [1.807, 2.05) is 48.5 Å². The zero-order chi connectivity index (χ0) is 16.6. The van der Waals surface area contributed by atoms with Crippen molar-refractivity contribution >= 4 is 10.9 Å². The van der Waals surface area contributed by atoms with Crippen LogP contribution in [0.1, 0.15) is 11.3 Å². The van der Waals surface area contributed by atoms with Crippen molar-refractivity contribution in [3.63, 3.8) is 0 Å². The Bertz CT molecular complexity index is 788. The molecule has 0 aliphatic carbocycles. The van der Waals surface area contributed by atoms with Gasteiger partial charge in [-0.05, 0) is 29.8 Å². The molecule has 0 spiro atoms. The molecule has 24 heavy (non-hydrogen) atoms. The molecule has 4 heteroatoms. The van der Waals surface area contributed by atoms with Crippen LogP contribution in [0.5, 0.6) is 5.75 Å². The van der Waals surface area contributed by atoms with Crippen LogP contribution in [0.2, 0.25) is 0 Å². The second kappa shape index (κ2) is 8.43. The molecule has 1 heterocycles. The number of benzene rings is 2. The number of ether oxygens (including phenoxy) is 3. The summed E-state index contributed by atoms with van der Waals surface area (Å²) in [6.07, 6.45) is 0. The summed E-state index contributed by atoms with van der Waals surface area (Å²) >= 11 is 0. The van der Waals surface area contributed by atoms with Gasteiger partial charge in [0.05, 0.1) is 31.0 Å². The number of pyridine rings is 1. The summed E-state index contributed by atoms with van der Waals surface area (Å²) in [4.78, 5) is 4.62. The molecule has 1 aromatic heterocycles. The molecule has 0 bridgehead atoms. The summed E-state index contributed by atoms with van der Waals surface area (Å²) in [6.45, 7) is 2.18. The van der Waals surface area contributed by atoms with E-state index in [4.69, 9.17) is 14.2 Å². The van der Waals surface area contributed by atoms with E-state index < -0.39 is 0 Å². The molecule has 0 aliphatic rings. The Morgan fingerprint density at radius 2 is 1.79 bits per heavy atom. The molecule has 0 fully saturated rings. The minimum Gasteiger partial charge on any atom is -0.487 e. The van der Waals surface area contributed by atoms with Gasteiger partial charge in [0.25, 0.3) is 0 Å². The summed E-state index contributed by atoms with van der Waals surface area (Å²) in [7, 11) is 1.67. The topological polar surface area (TPSA) is 40.6 Å². The van der Waals surface area contributed by atoms with Gasteiger partial charge in [0, 0.05) is 12.5 Å². The highest BCUT2D eigenvalue weighted by Crippen LogP contribution is 2.17. The molecule has 2 aromatic carbocycles. The summed E-state index contributed by atoms with van der Waals surface area (Å²) in [6, 6.07) is 20.1. The molecule has 3 rings (SSSR count). The molecule has 0 saturated heterocycles. The number of fused-ring (bicyclic) bond motifs is 1. The van der Waals surface area contributed by atoms with Crippen molar-refractivity contribution in [2.75, 3.05) is 20.3 Å². The van der Waals surface area contributed by atoms with Crippen molar-refractivity contribution in [1.29, 1.82) is 0 Å². The Labute approximate surface area is 142 Å². The minimum atomic E-state index is 0.443. The Hall–Kier alpha value is -2.43. The van der Waals surface area contributed by atoms with Crippen LogP contribution in [0.3, 0.4) is 0 Å². The Morgan fingerprint density at radius 3 is 2.71 bits per heavy atom. The standard InChI is InChI=1S/C20H21NO3/c1-22-11-12-23-14-16-5-4-7-19(13-16)24-15-18-10-9-17-6-2-3-8-20(17)21-18/h2-10,13H,11-12,14-15H2,1H3. The first-order chi connectivity index (χ1) is 11.8. The number of aromatic nitrogens is 1. The lowest BCUT2D eigenvalue weighted by Gasteiger charge is -2.09. The number of hydrogen-bond acceptors (Lipinski definition) is 4. The van der Waals surface area contributed by atoms with E-state index in [0.29, 0.717) is 26.4 Å². The summed E-state index contributed by atoms with van der Waals surface area (Å²) in [5.74, 6) is 0.817. The summed E-state index contributed by atoms with van der Waals surface area (Å²) in [5, 5.41) is 1.14. The van der Waals surface area contributed by atoms with Gasteiger partial charge in [0.1, 0.15) is 12.4 Å². The third-order valence-corrected chi connectivity index (χ3v) is 3.64. The van der Waals surface area contributed by atoms with Crippen molar-refractivity contribution in [2.24, 2.45) is 0 Å². The molecule has 4 nitrogen and oxygen atoms in total. The van der Waals surface area contributed by atoms with Crippen LogP contribution < -0.4 is 4.74 Å². The maximum absolute atomic E-state index is 5.87. The minimum absolute atomic E-state index is 0.443. The Balaban J connectivity index is 1.59. The van der Waals surface area contributed by atoms with Gasteiger partial charge in [-0.25, -0.2) is 4.98 Å². The quantitative estimate of drug-likeness (QED) is 0.588. The third-order valence-electron chi connectivity index (χ3n) is 3.64. The monoisotopic (exact) mass is 323 g/mol. The van der Waals surface area contributed by atoms with Crippen molar-refractivity contribution in [2.45, 2.75) is 13.2 Å². The van der Waals surface area contributed by atoms with Crippen molar-refractivity contribution in [1.82, 2.24) is 4.98 Å². The number of methoxy groups -OCH3 is 1. The fourth-order valence-electron chi connectivity index (χ4n) is 2.40. The van der Waals surface area contributed by atoms with Crippen LogP contribution in [0, 0.1) is 0 Å². The van der Waals surface area contributed by atoms with E-state index >= 15 is 0 Å². The molecular formula is C20H21NO3. The highest BCUT2D eigenvalue weighted by Gasteiger charge is 2.01. The highest BCUT2D eigenvalue weighted by atomic mass is 16.5. The predicted octanol–water partition coefficient (Wildman–Crippen LogP) is 3.98. The van der Waals surface area contributed by atoms with E-state index in [0.717, 1.165) is 27.9 Å². The van der Waals surface area contributed by atoms with Crippen LogP contribution >= 0.6 is 0 Å². The van der Waals surface area contributed by atoms with Crippen LogP contribution in [0.4, 0.5) is 0 Å². The second-order valence-electron chi connectivity index (χ2n) is 5.48. The highest BCUT2D eigenvalue weighted by molar-refractivity contribution is 5.78. The molecule has 0 amide bonds. The van der Waals surface area contributed by atoms with Gasteiger partial charge in [-0.1, -0.05) is 36.4 Å². The number of rotatable bonds is 8. The zero-order valence-electron chi connectivity index (χ0n) is 13.8. The average Bonchev–Trinajstić information content (AvgIpc) is 2.64. The molecule has 0 N–H and O–H groups in total. The second-order valence-corrected chi connectivity index (χ2v) is 5.48. The summed E-state index contributed by atoms with van der Waals surface area (Å²) < 4.78 is 16.4. The third kappa shape index (κ3) is 4.54. The van der Waals surface area contributed by atoms with Gasteiger partial charge in [-0.15, -0.1) is 0 Å². The first kappa shape index (κ1) is 16.4. The summed E-state index contributed by atoms with van der Waals surface area (Å²) in [5.41, 5.74) is 2.98. The zero-order valence-corrected chi connectivity index (χ0v) is 13.8. The fourth-order valence-corrected chi connectivity index (χ4v) is 2.40. The molecular weight excluding hydrogens is 302 g/mol. The van der Waals surface area contributed by atoms with E-state index in [2.05, 4.69) is 17.1 Å². The van der Waals surface area contributed by atoms with E-state index in [-0.39, 0.29) is 0 Å². The van der Waals surface area contributed by atoms with E-state index in [9.17, 15) is 0 Å². The number of para-hydroxylation sites is 1. The molecule has 0 saturated carbocycles. The van der Waals surface area contributed by atoms with Crippen LogP contribution in [0.15, 0.2) is 60.7 Å². The van der Waals surface area contributed by atoms with Gasteiger partial charge in [0.15, 0.2) is 0 Å². The lowest BCUT2D eigenvalue weighted by atomic mass is 10.2. The number of hydrogen-bond donors (Lipinski definition) is 0. The molecule has 0 unspecified atom stereocenters. The molecule has 3 aromatic rings. The van der Waals surface area contributed by atoms with Crippen molar-refractivity contribution in [3.8, 4) is 5.75 Å². The maximum Gasteiger partial charge on any atom is 0.130 e. The average molecular weight is 323 g/mol. The van der Waals surface area contributed by atoms with Crippen molar-refractivity contribution < 1.29 is 14.2 Å². The molecule has 0 radical (unpaired) electrons. The lowest BCUT2D eigenvalue weighted by molar-refractivity contribution is 0.0615. The first-order valence-corrected chi connectivity index (χ1v) is 7.98. The molecule has 124 valence electrons.